The Balaban J connectivity index is 2.10. The number of anilines is 1. The first-order chi connectivity index (χ1) is 8.70. The molecule has 2 rings (SSSR count). The molecule has 1 saturated heterocycles. The Bertz CT molecular complexity index is 366. The highest BCUT2D eigenvalue weighted by Crippen LogP contribution is 2.19. The van der Waals surface area contributed by atoms with Crippen LogP contribution in [0.3, 0.4) is 0 Å². The van der Waals surface area contributed by atoms with Crippen LogP contribution in [-0.2, 0) is 0 Å². The molecule has 100 valence electrons. The van der Waals surface area contributed by atoms with E-state index in [1.165, 1.54) is 12.1 Å². The van der Waals surface area contributed by atoms with Gasteiger partial charge in [-0.05, 0) is 57.2 Å². The Hall–Kier alpha value is -1.13. The SMILES string of the molecule is CN1CCCN(c2ccc(F)cc2)CC1CCN. The number of hydrogen-bond acceptors (Lipinski definition) is 3. The van der Waals surface area contributed by atoms with Crippen LogP contribution in [0.5, 0.6) is 0 Å². The number of rotatable bonds is 3. The number of benzene rings is 1. The summed E-state index contributed by atoms with van der Waals surface area (Å²) in [6.45, 7) is 3.81. The summed E-state index contributed by atoms with van der Waals surface area (Å²) in [5, 5.41) is 0. The summed E-state index contributed by atoms with van der Waals surface area (Å²) in [5.41, 5.74) is 6.79. The molecule has 2 N–H and O–H groups in total. The van der Waals surface area contributed by atoms with Crippen molar-refractivity contribution in [2.24, 2.45) is 5.73 Å². The van der Waals surface area contributed by atoms with E-state index < -0.39 is 0 Å². The Labute approximate surface area is 108 Å². The molecule has 0 spiro atoms. The Morgan fingerprint density at radius 3 is 2.67 bits per heavy atom. The van der Waals surface area contributed by atoms with Crippen LogP contribution < -0.4 is 10.6 Å². The van der Waals surface area contributed by atoms with Gasteiger partial charge in [-0.15, -0.1) is 0 Å². The van der Waals surface area contributed by atoms with Gasteiger partial charge in [0.15, 0.2) is 0 Å². The smallest absolute Gasteiger partial charge is 0.123 e. The van der Waals surface area contributed by atoms with Crippen LogP contribution >= 0.6 is 0 Å². The number of nitrogens with zero attached hydrogens (tertiary/aromatic N) is 2. The maximum atomic E-state index is 13.0. The molecule has 1 aliphatic heterocycles. The van der Waals surface area contributed by atoms with Gasteiger partial charge in [-0.3, -0.25) is 0 Å². The lowest BCUT2D eigenvalue weighted by molar-refractivity contribution is 0.251. The quantitative estimate of drug-likeness (QED) is 0.887. The van der Waals surface area contributed by atoms with Crippen molar-refractivity contribution in [3.05, 3.63) is 30.1 Å². The third-order valence-electron chi connectivity index (χ3n) is 3.68. The van der Waals surface area contributed by atoms with Gasteiger partial charge in [0.05, 0.1) is 0 Å². The molecule has 0 amide bonds. The number of hydrogen-bond donors (Lipinski definition) is 1. The van der Waals surface area contributed by atoms with E-state index in [2.05, 4.69) is 16.8 Å². The van der Waals surface area contributed by atoms with Crippen LogP contribution in [0.1, 0.15) is 12.8 Å². The zero-order chi connectivity index (χ0) is 13.0. The molecule has 1 fully saturated rings. The summed E-state index contributed by atoms with van der Waals surface area (Å²) in [7, 11) is 2.16. The molecule has 1 heterocycles. The highest BCUT2D eigenvalue weighted by Gasteiger charge is 2.21. The second-order valence-corrected chi connectivity index (χ2v) is 4.99. The fourth-order valence-corrected chi connectivity index (χ4v) is 2.57. The summed E-state index contributed by atoms with van der Waals surface area (Å²) in [6, 6.07) is 7.27. The summed E-state index contributed by atoms with van der Waals surface area (Å²) in [4.78, 5) is 4.72. The predicted octanol–water partition coefficient (Wildman–Crippen LogP) is 1.68. The van der Waals surface area contributed by atoms with Gasteiger partial charge in [0.1, 0.15) is 5.82 Å². The average Bonchev–Trinajstić information content (AvgIpc) is 2.54. The number of likely N-dealkylation sites (N-methyl/N-ethyl adjacent to an activating group) is 1. The second-order valence-electron chi connectivity index (χ2n) is 4.99. The zero-order valence-corrected chi connectivity index (χ0v) is 11.0. The largest absolute Gasteiger partial charge is 0.370 e. The minimum absolute atomic E-state index is 0.177. The van der Waals surface area contributed by atoms with E-state index in [0.717, 1.165) is 38.2 Å². The summed E-state index contributed by atoms with van der Waals surface area (Å²) in [5.74, 6) is -0.177. The highest BCUT2D eigenvalue weighted by molar-refractivity contribution is 5.46. The van der Waals surface area contributed by atoms with E-state index in [0.29, 0.717) is 12.6 Å². The van der Waals surface area contributed by atoms with Crippen LogP contribution in [0, 0.1) is 5.82 Å². The average molecular weight is 251 g/mol. The zero-order valence-electron chi connectivity index (χ0n) is 11.0. The van der Waals surface area contributed by atoms with E-state index in [4.69, 9.17) is 5.73 Å². The van der Waals surface area contributed by atoms with Gasteiger partial charge in [-0.25, -0.2) is 4.39 Å². The number of nitrogens with two attached hydrogens (primary N) is 1. The first-order valence-electron chi connectivity index (χ1n) is 6.61. The third-order valence-corrected chi connectivity index (χ3v) is 3.68. The van der Waals surface area contributed by atoms with Gasteiger partial charge in [0.2, 0.25) is 0 Å². The fraction of sp³-hybridized carbons (Fsp3) is 0.571. The van der Waals surface area contributed by atoms with Crippen LogP contribution in [0.4, 0.5) is 10.1 Å². The molecule has 3 nitrogen and oxygen atoms in total. The van der Waals surface area contributed by atoms with Crippen molar-refractivity contribution in [1.82, 2.24) is 4.90 Å². The summed E-state index contributed by atoms with van der Waals surface area (Å²) >= 11 is 0. The topological polar surface area (TPSA) is 32.5 Å². The molecular weight excluding hydrogens is 229 g/mol. The Morgan fingerprint density at radius 2 is 2.00 bits per heavy atom. The lowest BCUT2D eigenvalue weighted by Gasteiger charge is -2.29. The molecule has 1 aromatic carbocycles. The summed E-state index contributed by atoms with van der Waals surface area (Å²) in [6.07, 6.45) is 2.14. The molecule has 0 radical (unpaired) electrons. The van der Waals surface area contributed by atoms with Crippen LogP contribution in [0.2, 0.25) is 0 Å². The molecular formula is C14H22FN3. The molecule has 1 unspecified atom stereocenters. The van der Waals surface area contributed by atoms with E-state index in [1.807, 2.05) is 12.1 Å². The van der Waals surface area contributed by atoms with Crippen molar-refractivity contribution in [3.63, 3.8) is 0 Å². The second kappa shape index (κ2) is 6.16. The number of halogens is 1. The summed E-state index contributed by atoms with van der Waals surface area (Å²) < 4.78 is 13.0. The molecule has 1 aromatic rings. The lowest BCUT2D eigenvalue weighted by atomic mass is 10.1. The van der Waals surface area contributed by atoms with E-state index >= 15 is 0 Å². The first-order valence-corrected chi connectivity index (χ1v) is 6.61. The molecule has 1 atom stereocenters. The standard InChI is InChI=1S/C14H22FN3/c1-17-9-2-10-18(11-14(17)7-8-16)13-5-3-12(15)4-6-13/h3-6,14H,2,7-11,16H2,1H3. The van der Waals surface area contributed by atoms with Gasteiger partial charge >= 0.3 is 0 Å². The van der Waals surface area contributed by atoms with Gasteiger partial charge in [0, 0.05) is 24.8 Å². The normalized spacial score (nSPS) is 21.9. The maximum absolute atomic E-state index is 13.0. The molecule has 0 saturated carbocycles. The first kappa shape index (κ1) is 13.3. The third kappa shape index (κ3) is 3.21. The molecule has 0 aliphatic carbocycles. The molecule has 0 aromatic heterocycles. The molecule has 0 bridgehead atoms. The van der Waals surface area contributed by atoms with Gasteiger partial charge in [-0.2, -0.15) is 0 Å². The highest BCUT2D eigenvalue weighted by atomic mass is 19.1. The molecule has 18 heavy (non-hydrogen) atoms. The van der Waals surface area contributed by atoms with Crippen LogP contribution in [-0.4, -0.2) is 44.2 Å². The van der Waals surface area contributed by atoms with Crippen molar-refractivity contribution in [3.8, 4) is 0 Å². The van der Waals surface area contributed by atoms with Gasteiger partial charge in [0.25, 0.3) is 0 Å². The monoisotopic (exact) mass is 251 g/mol. The van der Waals surface area contributed by atoms with E-state index in [9.17, 15) is 4.39 Å². The Kier molecular flexibility index (Phi) is 4.55. The van der Waals surface area contributed by atoms with Crippen molar-refractivity contribution in [1.29, 1.82) is 0 Å². The van der Waals surface area contributed by atoms with Gasteiger partial charge < -0.3 is 15.5 Å². The maximum Gasteiger partial charge on any atom is 0.123 e. The fourth-order valence-electron chi connectivity index (χ4n) is 2.57. The van der Waals surface area contributed by atoms with Crippen LogP contribution in [0.25, 0.3) is 0 Å². The van der Waals surface area contributed by atoms with Crippen molar-refractivity contribution < 1.29 is 4.39 Å². The van der Waals surface area contributed by atoms with Crippen molar-refractivity contribution in [2.45, 2.75) is 18.9 Å². The van der Waals surface area contributed by atoms with Crippen LogP contribution in [0.15, 0.2) is 24.3 Å². The van der Waals surface area contributed by atoms with Gasteiger partial charge in [-0.1, -0.05) is 0 Å². The van der Waals surface area contributed by atoms with Crippen molar-refractivity contribution in [2.75, 3.05) is 38.1 Å². The molecule has 1 aliphatic rings. The lowest BCUT2D eigenvalue weighted by Crippen LogP contribution is -2.40. The van der Waals surface area contributed by atoms with E-state index in [-0.39, 0.29) is 5.82 Å². The minimum Gasteiger partial charge on any atom is -0.370 e. The van der Waals surface area contributed by atoms with E-state index in [1.54, 1.807) is 0 Å². The minimum atomic E-state index is -0.177. The predicted molar refractivity (Wildman–Crippen MR) is 73.3 cm³/mol. The molecule has 4 heteroatoms. The van der Waals surface area contributed by atoms with Crippen molar-refractivity contribution >= 4 is 5.69 Å². The Morgan fingerprint density at radius 1 is 1.28 bits per heavy atom.